The largest absolute Gasteiger partial charge is 0.390 e. The lowest BCUT2D eigenvalue weighted by Gasteiger charge is -2.18. The zero-order valence-electron chi connectivity index (χ0n) is 13.7. The van der Waals surface area contributed by atoms with Crippen LogP contribution in [0, 0.1) is 6.92 Å². The quantitative estimate of drug-likeness (QED) is 0.336. The van der Waals surface area contributed by atoms with Crippen molar-refractivity contribution in [2.45, 2.75) is 37.0 Å². The van der Waals surface area contributed by atoms with E-state index in [-0.39, 0.29) is 11.3 Å². The van der Waals surface area contributed by atoms with Crippen molar-refractivity contribution in [3.63, 3.8) is 0 Å². The first-order valence-corrected chi connectivity index (χ1v) is 9.09. The zero-order chi connectivity index (χ0) is 18.3. The molecule has 0 heterocycles. The maximum atomic E-state index is 12.3. The highest BCUT2D eigenvalue weighted by atomic mass is 32.2. The fourth-order valence-corrected chi connectivity index (χ4v) is 3.21. The molecule has 0 unspecified atom stereocenters. The smallest absolute Gasteiger partial charge is 0.297 e. The summed E-state index contributed by atoms with van der Waals surface area (Å²) in [7, 11) is -4.15. The highest BCUT2D eigenvalue weighted by molar-refractivity contribution is 7.86. The Labute approximate surface area is 146 Å². The second kappa shape index (κ2) is 8.64. The Hall–Kier alpha value is -2.38. The SMILES string of the molecule is Cc1ccc(S(=O)(=O)O[C@H](N=[N+]=[N-])[C@@H](O)CCc2ccccc2)cc1. The van der Waals surface area contributed by atoms with Crippen LogP contribution < -0.4 is 0 Å². The molecule has 0 spiro atoms. The van der Waals surface area contributed by atoms with Gasteiger partial charge in [0.25, 0.3) is 10.1 Å². The molecule has 25 heavy (non-hydrogen) atoms. The second-order valence-corrected chi connectivity index (χ2v) is 7.12. The van der Waals surface area contributed by atoms with Gasteiger partial charge in [0.1, 0.15) is 0 Å². The van der Waals surface area contributed by atoms with E-state index >= 15 is 0 Å². The molecule has 2 aromatic carbocycles. The summed E-state index contributed by atoms with van der Waals surface area (Å²) in [5, 5.41) is 13.5. The van der Waals surface area contributed by atoms with Crippen LogP contribution >= 0.6 is 0 Å². The van der Waals surface area contributed by atoms with Gasteiger partial charge < -0.3 is 5.11 Å². The van der Waals surface area contributed by atoms with Gasteiger partial charge in [-0.2, -0.15) is 8.42 Å². The van der Waals surface area contributed by atoms with Gasteiger partial charge in [0, 0.05) is 4.91 Å². The molecule has 0 bridgehead atoms. The molecule has 0 saturated carbocycles. The van der Waals surface area contributed by atoms with E-state index < -0.39 is 22.4 Å². The standard InChI is InChI=1S/C17H19N3O4S/c1-13-7-10-15(11-8-13)25(22,23)24-17(19-20-18)16(21)12-9-14-5-3-2-4-6-14/h2-8,10-11,16-17,21H,9,12H2,1H3/t16-,17-/m0/s1. The lowest BCUT2D eigenvalue weighted by Crippen LogP contribution is -2.30. The number of azide groups is 1. The van der Waals surface area contributed by atoms with Gasteiger partial charge in [0.15, 0.2) is 6.23 Å². The van der Waals surface area contributed by atoms with Crippen molar-refractivity contribution in [2.24, 2.45) is 5.11 Å². The number of nitrogens with zero attached hydrogens (tertiary/aromatic N) is 3. The normalized spacial score (nSPS) is 13.7. The minimum Gasteiger partial charge on any atom is -0.390 e. The average molecular weight is 361 g/mol. The molecule has 7 nitrogen and oxygen atoms in total. The number of aliphatic hydroxyl groups is 1. The van der Waals surface area contributed by atoms with Gasteiger partial charge in [-0.3, -0.25) is 4.18 Å². The Balaban J connectivity index is 2.08. The van der Waals surface area contributed by atoms with Crippen LogP contribution in [0.2, 0.25) is 0 Å². The number of aryl methyl sites for hydroxylation is 2. The summed E-state index contributed by atoms with van der Waals surface area (Å²) < 4.78 is 29.5. The van der Waals surface area contributed by atoms with Crippen molar-refractivity contribution in [1.29, 1.82) is 0 Å². The molecule has 2 atom stereocenters. The summed E-state index contributed by atoms with van der Waals surface area (Å²) in [5.41, 5.74) is 10.5. The van der Waals surface area contributed by atoms with Crippen molar-refractivity contribution in [3.05, 3.63) is 76.2 Å². The first kappa shape index (κ1) is 19.0. The van der Waals surface area contributed by atoms with Gasteiger partial charge in [-0.1, -0.05) is 53.1 Å². The fourth-order valence-electron chi connectivity index (χ4n) is 2.20. The van der Waals surface area contributed by atoms with E-state index in [1.165, 1.54) is 12.1 Å². The van der Waals surface area contributed by atoms with Crippen molar-refractivity contribution in [2.75, 3.05) is 0 Å². The maximum absolute atomic E-state index is 12.3. The molecule has 0 fully saturated rings. The summed E-state index contributed by atoms with van der Waals surface area (Å²) in [5.74, 6) is 0. The van der Waals surface area contributed by atoms with E-state index in [9.17, 15) is 13.5 Å². The number of benzene rings is 2. The van der Waals surface area contributed by atoms with Crippen LogP contribution in [-0.2, 0) is 20.7 Å². The third-order valence-electron chi connectivity index (χ3n) is 3.60. The van der Waals surface area contributed by atoms with E-state index in [0.717, 1.165) is 11.1 Å². The third kappa shape index (κ3) is 5.58. The van der Waals surface area contributed by atoms with Gasteiger partial charge >= 0.3 is 0 Å². The van der Waals surface area contributed by atoms with Crippen LogP contribution in [0.5, 0.6) is 0 Å². The molecule has 0 radical (unpaired) electrons. The molecule has 0 saturated heterocycles. The molecule has 2 rings (SSSR count). The van der Waals surface area contributed by atoms with Gasteiger partial charge in [-0.15, -0.1) is 0 Å². The van der Waals surface area contributed by atoms with Crippen molar-refractivity contribution in [3.8, 4) is 0 Å². The molecular weight excluding hydrogens is 342 g/mol. The minimum absolute atomic E-state index is 0.0634. The van der Waals surface area contributed by atoms with Gasteiger partial charge in [-0.25, -0.2) is 0 Å². The fraction of sp³-hybridized carbons (Fsp3) is 0.294. The van der Waals surface area contributed by atoms with Crippen LogP contribution in [0.4, 0.5) is 0 Å². The van der Waals surface area contributed by atoms with Crippen LogP contribution in [0.3, 0.4) is 0 Å². The lowest BCUT2D eigenvalue weighted by atomic mass is 10.1. The summed E-state index contributed by atoms with van der Waals surface area (Å²) in [4.78, 5) is 2.52. The molecule has 0 aliphatic rings. The highest BCUT2D eigenvalue weighted by Gasteiger charge is 2.26. The molecule has 0 aliphatic carbocycles. The molecule has 132 valence electrons. The summed E-state index contributed by atoms with van der Waals surface area (Å²) in [6.07, 6.45) is -2.10. The predicted molar refractivity (Wildman–Crippen MR) is 93.2 cm³/mol. The molecule has 1 N–H and O–H groups in total. The number of aliphatic hydroxyl groups excluding tert-OH is 1. The Morgan fingerprint density at radius 2 is 1.80 bits per heavy atom. The molecule has 0 amide bonds. The second-order valence-electron chi connectivity index (χ2n) is 5.55. The van der Waals surface area contributed by atoms with Crippen LogP contribution in [0.15, 0.2) is 64.6 Å². The Bertz CT molecular complexity index is 832. The summed E-state index contributed by atoms with van der Waals surface area (Å²) in [6, 6.07) is 15.4. The monoisotopic (exact) mass is 361 g/mol. The average Bonchev–Trinajstić information content (AvgIpc) is 2.60. The van der Waals surface area contributed by atoms with Gasteiger partial charge in [0.2, 0.25) is 0 Å². The van der Waals surface area contributed by atoms with Crippen molar-refractivity contribution >= 4 is 10.1 Å². The number of rotatable bonds is 8. The first-order valence-electron chi connectivity index (χ1n) is 7.68. The molecule has 8 heteroatoms. The summed E-state index contributed by atoms with van der Waals surface area (Å²) in [6.45, 7) is 1.83. The van der Waals surface area contributed by atoms with E-state index in [4.69, 9.17) is 9.71 Å². The molecular formula is C17H19N3O4S. The topological polar surface area (TPSA) is 112 Å². The predicted octanol–water partition coefficient (Wildman–Crippen LogP) is 3.33. The van der Waals surface area contributed by atoms with Gasteiger partial charge in [0.05, 0.1) is 11.0 Å². The van der Waals surface area contributed by atoms with E-state index in [1.54, 1.807) is 12.1 Å². The van der Waals surface area contributed by atoms with Gasteiger partial charge in [-0.05, 0) is 43.0 Å². The van der Waals surface area contributed by atoms with E-state index in [2.05, 4.69) is 10.0 Å². The Morgan fingerprint density at radius 1 is 1.16 bits per heavy atom. The van der Waals surface area contributed by atoms with Crippen LogP contribution in [0.25, 0.3) is 10.4 Å². The first-order chi connectivity index (χ1) is 11.9. The number of hydrogen-bond donors (Lipinski definition) is 1. The van der Waals surface area contributed by atoms with Crippen LogP contribution in [-0.4, -0.2) is 25.9 Å². The van der Waals surface area contributed by atoms with Crippen LogP contribution in [0.1, 0.15) is 17.5 Å². The van der Waals surface area contributed by atoms with E-state index in [0.29, 0.717) is 6.42 Å². The van der Waals surface area contributed by atoms with E-state index in [1.807, 2.05) is 37.3 Å². The minimum atomic E-state index is -4.15. The Kier molecular flexibility index (Phi) is 6.55. The summed E-state index contributed by atoms with van der Waals surface area (Å²) >= 11 is 0. The lowest BCUT2D eigenvalue weighted by molar-refractivity contribution is 0.0390. The molecule has 0 aliphatic heterocycles. The number of hydrogen-bond acceptors (Lipinski definition) is 5. The van der Waals surface area contributed by atoms with Crippen molar-refractivity contribution < 1.29 is 17.7 Å². The third-order valence-corrected chi connectivity index (χ3v) is 4.90. The maximum Gasteiger partial charge on any atom is 0.297 e. The molecule has 2 aromatic rings. The highest BCUT2D eigenvalue weighted by Crippen LogP contribution is 2.19. The van der Waals surface area contributed by atoms with Crippen molar-refractivity contribution in [1.82, 2.24) is 0 Å². The molecule has 0 aromatic heterocycles. The zero-order valence-corrected chi connectivity index (χ0v) is 14.5. The Morgan fingerprint density at radius 3 is 2.40 bits per heavy atom.